The maximum absolute atomic E-state index is 12.7. The van der Waals surface area contributed by atoms with E-state index in [4.69, 9.17) is 0 Å². The number of nitrogens with zero attached hydrogens (tertiary/aromatic N) is 3. The van der Waals surface area contributed by atoms with Crippen LogP contribution in [-0.2, 0) is 16.6 Å². The fourth-order valence-electron chi connectivity index (χ4n) is 3.57. The normalized spacial score (nSPS) is 24.8. The number of fused-ring (bicyclic) bond motifs is 2. The van der Waals surface area contributed by atoms with Crippen LogP contribution in [0.5, 0.6) is 0 Å². The van der Waals surface area contributed by atoms with E-state index in [9.17, 15) is 9.59 Å². The Hall–Kier alpha value is -2.43. The van der Waals surface area contributed by atoms with Gasteiger partial charge >= 0.3 is 0 Å². The Balaban J connectivity index is 1.81. The zero-order valence-electron chi connectivity index (χ0n) is 12.6. The minimum Gasteiger partial charge on any atom is -0.312 e. The van der Waals surface area contributed by atoms with Gasteiger partial charge in [-0.15, -0.1) is 0 Å². The van der Waals surface area contributed by atoms with Crippen LogP contribution in [0.3, 0.4) is 0 Å². The van der Waals surface area contributed by atoms with Gasteiger partial charge in [0.05, 0.1) is 22.9 Å². The van der Waals surface area contributed by atoms with Crippen molar-refractivity contribution in [3.8, 4) is 0 Å². The first-order valence-corrected chi connectivity index (χ1v) is 7.53. The second kappa shape index (κ2) is 4.53. The van der Waals surface area contributed by atoms with E-state index in [1.54, 1.807) is 0 Å². The lowest BCUT2D eigenvalue weighted by Gasteiger charge is -2.18. The molecule has 2 atom stereocenters. The van der Waals surface area contributed by atoms with Crippen LogP contribution in [0.1, 0.15) is 19.8 Å². The van der Waals surface area contributed by atoms with Crippen LogP contribution in [0, 0.1) is 11.8 Å². The van der Waals surface area contributed by atoms with E-state index < -0.39 is 0 Å². The number of imidazole rings is 1. The third-order valence-electron chi connectivity index (χ3n) is 4.79. The maximum atomic E-state index is 12.7. The highest BCUT2D eigenvalue weighted by molar-refractivity contribution is 6.21. The highest BCUT2D eigenvalue weighted by atomic mass is 16.2. The molecule has 2 amide bonds. The number of amides is 2. The standard InChI is InChI=1S/C17H17N3O2/c1-10-7-8-11-12(9-10)16(22)20(15(11)21)17-18-13-5-3-4-6-14(13)19(17)2/h3-7,11-12H,8-9H2,1-2H3/t11-,12+/m0/s1. The van der Waals surface area contributed by atoms with Crippen LogP contribution in [0.25, 0.3) is 11.0 Å². The summed E-state index contributed by atoms with van der Waals surface area (Å²) in [6.45, 7) is 2.02. The molecular weight excluding hydrogens is 278 g/mol. The quantitative estimate of drug-likeness (QED) is 0.599. The SMILES string of the molecule is CC1=CC[C@@H]2C(=O)N(c3nc4ccccc4n3C)C(=O)[C@@H]2C1. The smallest absolute Gasteiger partial charge is 0.240 e. The second-order valence-corrected chi connectivity index (χ2v) is 6.17. The molecule has 1 aromatic carbocycles. The zero-order chi connectivity index (χ0) is 15.4. The molecule has 112 valence electrons. The molecule has 0 unspecified atom stereocenters. The molecule has 0 N–H and O–H groups in total. The molecule has 2 aromatic rings. The number of carbonyl (C=O) groups excluding carboxylic acids is 2. The average molecular weight is 295 g/mol. The first-order valence-electron chi connectivity index (χ1n) is 7.53. The lowest BCUT2D eigenvalue weighted by Crippen LogP contribution is -2.33. The average Bonchev–Trinajstić information content (AvgIpc) is 2.96. The summed E-state index contributed by atoms with van der Waals surface area (Å²) in [5, 5.41) is 0. The van der Waals surface area contributed by atoms with Gasteiger partial charge in [0.15, 0.2) is 0 Å². The van der Waals surface area contributed by atoms with Gasteiger partial charge in [0.1, 0.15) is 0 Å². The molecule has 0 saturated carbocycles. The largest absolute Gasteiger partial charge is 0.312 e. The molecule has 1 aromatic heterocycles. The van der Waals surface area contributed by atoms with Gasteiger partial charge in [-0.05, 0) is 31.9 Å². The van der Waals surface area contributed by atoms with Crippen LogP contribution in [0.2, 0.25) is 0 Å². The molecule has 22 heavy (non-hydrogen) atoms. The molecular formula is C17H17N3O2. The topological polar surface area (TPSA) is 55.2 Å². The number of rotatable bonds is 1. The van der Waals surface area contributed by atoms with Crippen LogP contribution < -0.4 is 4.90 Å². The molecule has 0 radical (unpaired) electrons. The molecule has 0 spiro atoms. The molecule has 1 saturated heterocycles. The number of aromatic nitrogens is 2. The van der Waals surface area contributed by atoms with Crippen molar-refractivity contribution in [2.75, 3.05) is 4.90 Å². The lowest BCUT2D eigenvalue weighted by molar-refractivity contribution is -0.122. The lowest BCUT2D eigenvalue weighted by atomic mass is 9.82. The van der Waals surface area contributed by atoms with Crippen molar-refractivity contribution in [1.82, 2.24) is 9.55 Å². The van der Waals surface area contributed by atoms with Crippen molar-refractivity contribution in [2.45, 2.75) is 19.8 Å². The van der Waals surface area contributed by atoms with Crippen LogP contribution in [0.15, 0.2) is 35.9 Å². The summed E-state index contributed by atoms with van der Waals surface area (Å²) < 4.78 is 1.82. The molecule has 1 aliphatic heterocycles. The number of aryl methyl sites for hydroxylation is 1. The summed E-state index contributed by atoms with van der Waals surface area (Å²) >= 11 is 0. The van der Waals surface area contributed by atoms with Gasteiger partial charge in [-0.1, -0.05) is 23.8 Å². The molecule has 5 heteroatoms. The van der Waals surface area contributed by atoms with Gasteiger partial charge in [0.2, 0.25) is 17.8 Å². The minimum absolute atomic E-state index is 0.110. The van der Waals surface area contributed by atoms with Crippen LogP contribution in [0.4, 0.5) is 5.95 Å². The van der Waals surface area contributed by atoms with E-state index in [1.165, 1.54) is 10.5 Å². The predicted octanol–water partition coefficient (Wildman–Crippen LogP) is 2.42. The van der Waals surface area contributed by atoms with Gasteiger partial charge in [-0.3, -0.25) is 9.59 Å². The number of anilines is 1. The Kier molecular flexibility index (Phi) is 2.73. The van der Waals surface area contributed by atoms with Gasteiger partial charge in [-0.25, -0.2) is 9.88 Å². The van der Waals surface area contributed by atoms with Crippen molar-refractivity contribution in [3.63, 3.8) is 0 Å². The Bertz CT molecular complexity index is 834. The van der Waals surface area contributed by atoms with Crippen molar-refractivity contribution in [1.29, 1.82) is 0 Å². The zero-order valence-corrected chi connectivity index (χ0v) is 12.6. The fourth-order valence-corrected chi connectivity index (χ4v) is 3.57. The minimum atomic E-state index is -0.226. The number of imide groups is 1. The summed E-state index contributed by atoms with van der Waals surface area (Å²) in [7, 11) is 1.84. The van der Waals surface area contributed by atoms with Crippen molar-refractivity contribution in [3.05, 3.63) is 35.9 Å². The van der Waals surface area contributed by atoms with E-state index in [2.05, 4.69) is 11.1 Å². The van der Waals surface area contributed by atoms with E-state index >= 15 is 0 Å². The van der Waals surface area contributed by atoms with Crippen molar-refractivity contribution < 1.29 is 9.59 Å². The second-order valence-electron chi connectivity index (χ2n) is 6.17. The molecule has 5 nitrogen and oxygen atoms in total. The predicted molar refractivity (Wildman–Crippen MR) is 83.2 cm³/mol. The monoisotopic (exact) mass is 295 g/mol. The molecule has 2 aliphatic rings. The van der Waals surface area contributed by atoms with Crippen LogP contribution in [-0.4, -0.2) is 21.4 Å². The molecule has 2 heterocycles. The Morgan fingerprint density at radius 2 is 1.86 bits per heavy atom. The summed E-state index contributed by atoms with van der Waals surface area (Å²) in [5.41, 5.74) is 2.90. The van der Waals surface area contributed by atoms with E-state index in [0.29, 0.717) is 18.8 Å². The molecule has 0 bridgehead atoms. The molecule has 1 fully saturated rings. The summed E-state index contributed by atoms with van der Waals surface area (Å²) in [6.07, 6.45) is 3.40. The van der Waals surface area contributed by atoms with E-state index in [1.807, 2.05) is 42.8 Å². The van der Waals surface area contributed by atoms with E-state index in [0.717, 1.165) is 11.0 Å². The van der Waals surface area contributed by atoms with Gasteiger partial charge < -0.3 is 4.57 Å². The maximum Gasteiger partial charge on any atom is 0.240 e. The number of benzene rings is 1. The van der Waals surface area contributed by atoms with Gasteiger partial charge in [-0.2, -0.15) is 0 Å². The fraction of sp³-hybridized carbons (Fsp3) is 0.353. The van der Waals surface area contributed by atoms with Gasteiger partial charge in [0.25, 0.3) is 0 Å². The summed E-state index contributed by atoms with van der Waals surface area (Å²) in [6, 6.07) is 7.66. The molecule has 1 aliphatic carbocycles. The number of hydrogen-bond acceptors (Lipinski definition) is 3. The summed E-state index contributed by atoms with van der Waals surface area (Å²) in [5.74, 6) is -0.241. The number of para-hydroxylation sites is 2. The third-order valence-corrected chi connectivity index (χ3v) is 4.79. The number of carbonyl (C=O) groups is 2. The Morgan fingerprint density at radius 1 is 1.14 bits per heavy atom. The summed E-state index contributed by atoms with van der Waals surface area (Å²) in [4.78, 5) is 31.3. The molecule has 4 rings (SSSR count). The number of allylic oxidation sites excluding steroid dienone is 2. The first-order chi connectivity index (χ1) is 10.6. The first kappa shape index (κ1) is 13.2. The van der Waals surface area contributed by atoms with Crippen molar-refractivity contribution in [2.24, 2.45) is 18.9 Å². The van der Waals surface area contributed by atoms with Crippen LogP contribution >= 0.6 is 0 Å². The Labute approximate surface area is 128 Å². The highest BCUT2D eigenvalue weighted by Gasteiger charge is 2.50. The van der Waals surface area contributed by atoms with Crippen molar-refractivity contribution >= 4 is 28.8 Å². The van der Waals surface area contributed by atoms with Gasteiger partial charge in [0, 0.05) is 7.05 Å². The third kappa shape index (κ3) is 1.68. The highest BCUT2D eigenvalue weighted by Crippen LogP contribution is 2.39. The number of hydrogen-bond donors (Lipinski definition) is 0. The Morgan fingerprint density at radius 3 is 2.64 bits per heavy atom. The van der Waals surface area contributed by atoms with E-state index in [-0.39, 0.29) is 23.7 Å².